The average molecular weight is 366 g/mol. The van der Waals surface area contributed by atoms with Crippen molar-refractivity contribution in [2.75, 3.05) is 13.7 Å². The largest absolute Gasteiger partial charge is 0.335 e. The molecule has 1 amide bonds. The second-order valence-electron chi connectivity index (χ2n) is 7.10. The van der Waals surface area contributed by atoms with E-state index in [1.54, 1.807) is 12.1 Å². The van der Waals surface area contributed by atoms with Crippen LogP contribution in [0.15, 0.2) is 29.2 Å². The molecule has 0 bridgehead atoms. The number of amides is 1. The molecule has 1 aliphatic heterocycles. The van der Waals surface area contributed by atoms with E-state index in [1.807, 2.05) is 9.79 Å². The molecule has 0 unspecified atom stereocenters. The summed E-state index contributed by atoms with van der Waals surface area (Å²) in [6, 6.07) is 6.38. The molecule has 2 aliphatic rings. The van der Waals surface area contributed by atoms with Gasteiger partial charge in [0.1, 0.15) is 0 Å². The minimum atomic E-state index is -3.70. The number of hydrogen-bond acceptors (Lipinski definition) is 4. The Morgan fingerprint density at radius 1 is 1.16 bits per heavy atom. The van der Waals surface area contributed by atoms with Crippen molar-refractivity contribution in [1.29, 1.82) is 0 Å². The highest BCUT2D eigenvalue weighted by molar-refractivity contribution is 7.89. The molecule has 7 heteroatoms. The minimum absolute atomic E-state index is 0.00690. The third-order valence-corrected chi connectivity index (χ3v) is 6.88. The van der Waals surface area contributed by atoms with E-state index < -0.39 is 10.0 Å². The summed E-state index contributed by atoms with van der Waals surface area (Å²) in [5, 5.41) is 0. The number of carbonyl (C=O) groups is 1. The fourth-order valence-corrected chi connectivity index (χ4v) is 5.08. The first kappa shape index (κ1) is 18.4. The second kappa shape index (κ2) is 7.43. The molecule has 0 aromatic heterocycles. The fraction of sp³-hybridized carbons (Fsp3) is 0.611. The Labute approximate surface area is 149 Å². The van der Waals surface area contributed by atoms with Crippen LogP contribution in [0.5, 0.6) is 0 Å². The van der Waals surface area contributed by atoms with Crippen molar-refractivity contribution >= 4 is 15.9 Å². The van der Waals surface area contributed by atoms with E-state index in [4.69, 9.17) is 0 Å². The van der Waals surface area contributed by atoms with E-state index in [2.05, 4.69) is 11.8 Å². The highest BCUT2D eigenvalue weighted by Gasteiger charge is 2.39. The molecule has 1 aliphatic carbocycles. The molecule has 138 valence electrons. The molecule has 6 nitrogen and oxygen atoms in total. The highest BCUT2D eigenvalue weighted by Crippen LogP contribution is 2.39. The molecular formula is C18H26N2O4S. The maximum atomic E-state index is 13.0. The first-order chi connectivity index (χ1) is 11.9. The number of piperidine rings is 1. The summed E-state index contributed by atoms with van der Waals surface area (Å²) >= 11 is 0. The predicted molar refractivity (Wildman–Crippen MR) is 94.3 cm³/mol. The zero-order valence-electron chi connectivity index (χ0n) is 14.8. The third-order valence-electron chi connectivity index (χ3n) is 5.60. The first-order valence-corrected chi connectivity index (χ1v) is 10.4. The van der Waals surface area contributed by atoms with E-state index in [-0.39, 0.29) is 10.8 Å². The Kier molecular flexibility index (Phi) is 5.46. The number of rotatable bonds is 4. The lowest BCUT2D eigenvalue weighted by atomic mass is 9.72. The minimum Gasteiger partial charge on any atom is -0.335 e. The monoisotopic (exact) mass is 366 g/mol. The molecule has 0 radical (unpaired) electrons. The van der Waals surface area contributed by atoms with E-state index in [0.29, 0.717) is 23.4 Å². The summed E-state index contributed by atoms with van der Waals surface area (Å²) < 4.78 is 23.8. The predicted octanol–water partition coefficient (Wildman–Crippen LogP) is 2.57. The van der Waals surface area contributed by atoms with E-state index in [0.717, 1.165) is 19.4 Å². The molecule has 1 heterocycles. The number of fused-ring (bicyclic) bond motifs is 1. The quantitative estimate of drug-likeness (QED) is 0.831. The van der Waals surface area contributed by atoms with Crippen molar-refractivity contribution in [2.45, 2.75) is 50.0 Å². The standard InChI is InChI=1S/C18H26N2O4S/c1-13-11-12-20(17-6-4-3-5-16(13)17)18(21)14-7-9-15(10-8-14)25(22,23)19-24-2/h7-10,13,16-17,19H,3-6,11-12H2,1-2H3/t13-,16-,17-/m0/s1. The molecule has 1 saturated heterocycles. The van der Waals surface area contributed by atoms with Gasteiger partial charge in [-0.15, -0.1) is 0 Å². The summed E-state index contributed by atoms with van der Waals surface area (Å²) in [6.45, 7) is 3.08. The summed E-state index contributed by atoms with van der Waals surface area (Å²) in [7, 11) is -2.46. The van der Waals surface area contributed by atoms with Crippen LogP contribution in [0.25, 0.3) is 0 Å². The van der Waals surface area contributed by atoms with Crippen molar-refractivity contribution in [3.8, 4) is 0 Å². The topological polar surface area (TPSA) is 75.7 Å². The van der Waals surface area contributed by atoms with Gasteiger partial charge in [0.2, 0.25) is 0 Å². The van der Waals surface area contributed by atoms with Gasteiger partial charge in [-0.2, -0.15) is 0 Å². The summed E-state index contributed by atoms with van der Waals surface area (Å²) in [5.41, 5.74) is 0.537. The lowest BCUT2D eigenvalue weighted by molar-refractivity contribution is 0.0217. The normalized spacial score (nSPS) is 27.0. The van der Waals surface area contributed by atoms with Gasteiger partial charge in [0.15, 0.2) is 0 Å². The van der Waals surface area contributed by atoms with Crippen LogP contribution in [0.4, 0.5) is 0 Å². The molecule has 1 aromatic carbocycles. The van der Waals surface area contributed by atoms with Crippen molar-refractivity contribution < 1.29 is 18.0 Å². The molecular weight excluding hydrogens is 340 g/mol. The SMILES string of the molecule is CONS(=O)(=O)c1ccc(C(=O)N2CC[C@H](C)[C@@H]3CCCC[C@@H]32)cc1. The van der Waals surface area contributed by atoms with Gasteiger partial charge in [0, 0.05) is 18.2 Å². The third kappa shape index (κ3) is 3.73. The molecule has 2 fully saturated rings. The summed E-state index contributed by atoms with van der Waals surface area (Å²) in [5.74, 6) is 1.27. The number of sulfonamides is 1. The van der Waals surface area contributed by atoms with Gasteiger partial charge >= 0.3 is 0 Å². The first-order valence-electron chi connectivity index (χ1n) is 8.90. The second-order valence-corrected chi connectivity index (χ2v) is 8.74. The zero-order valence-corrected chi connectivity index (χ0v) is 15.6. The van der Waals surface area contributed by atoms with E-state index >= 15 is 0 Å². The Morgan fingerprint density at radius 3 is 2.52 bits per heavy atom. The average Bonchev–Trinajstić information content (AvgIpc) is 2.62. The van der Waals surface area contributed by atoms with Gasteiger partial charge in [-0.1, -0.05) is 24.7 Å². The number of carbonyl (C=O) groups excluding carboxylic acids is 1. The van der Waals surface area contributed by atoms with Crippen molar-refractivity contribution in [2.24, 2.45) is 11.8 Å². The maximum Gasteiger partial charge on any atom is 0.262 e. The van der Waals surface area contributed by atoms with Crippen molar-refractivity contribution in [3.63, 3.8) is 0 Å². The summed E-state index contributed by atoms with van der Waals surface area (Å²) in [6.07, 6.45) is 5.75. The van der Waals surface area contributed by atoms with Crippen LogP contribution in [0.2, 0.25) is 0 Å². The molecule has 3 rings (SSSR count). The molecule has 0 spiro atoms. The van der Waals surface area contributed by atoms with Crippen LogP contribution in [-0.2, 0) is 14.9 Å². The maximum absolute atomic E-state index is 13.0. The van der Waals surface area contributed by atoms with Crippen LogP contribution < -0.4 is 4.89 Å². The fourth-order valence-electron chi connectivity index (χ4n) is 4.27. The van der Waals surface area contributed by atoms with Gasteiger partial charge in [-0.25, -0.2) is 8.42 Å². The van der Waals surface area contributed by atoms with Gasteiger partial charge in [0.05, 0.1) is 12.0 Å². The number of nitrogens with zero attached hydrogens (tertiary/aromatic N) is 1. The van der Waals surface area contributed by atoms with Crippen LogP contribution in [0, 0.1) is 11.8 Å². The molecule has 1 N–H and O–H groups in total. The zero-order chi connectivity index (χ0) is 18.0. The van der Waals surface area contributed by atoms with Gasteiger partial charge < -0.3 is 4.90 Å². The summed E-state index contributed by atoms with van der Waals surface area (Å²) in [4.78, 5) is 21.5. The van der Waals surface area contributed by atoms with Crippen LogP contribution in [0.3, 0.4) is 0 Å². The Bertz CT molecular complexity index is 717. The van der Waals surface area contributed by atoms with Crippen LogP contribution in [-0.4, -0.2) is 38.9 Å². The molecule has 3 atom stereocenters. The van der Waals surface area contributed by atoms with E-state index in [1.165, 1.54) is 38.5 Å². The van der Waals surface area contributed by atoms with Crippen molar-refractivity contribution in [3.05, 3.63) is 29.8 Å². The van der Waals surface area contributed by atoms with E-state index in [9.17, 15) is 13.2 Å². The van der Waals surface area contributed by atoms with Gasteiger partial charge in [-0.05, 0) is 55.4 Å². The Balaban J connectivity index is 1.78. The lowest BCUT2D eigenvalue weighted by Gasteiger charge is -2.47. The number of likely N-dealkylation sites (tertiary alicyclic amines) is 1. The molecule has 1 aromatic rings. The number of hydrogen-bond donors (Lipinski definition) is 1. The van der Waals surface area contributed by atoms with Crippen LogP contribution in [0.1, 0.15) is 49.4 Å². The van der Waals surface area contributed by atoms with Gasteiger partial charge in [0.25, 0.3) is 15.9 Å². The van der Waals surface area contributed by atoms with Crippen molar-refractivity contribution in [1.82, 2.24) is 9.79 Å². The van der Waals surface area contributed by atoms with Crippen LogP contribution >= 0.6 is 0 Å². The molecule has 25 heavy (non-hydrogen) atoms. The number of benzene rings is 1. The number of nitrogens with one attached hydrogen (secondary N) is 1. The Hall–Kier alpha value is -1.44. The molecule has 1 saturated carbocycles. The van der Waals surface area contributed by atoms with Gasteiger partial charge in [-0.3, -0.25) is 9.63 Å². The smallest absolute Gasteiger partial charge is 0.262 e. The highest BCUT2D eigenvalue weighted by atomic mass is 32.2. The Morgan fingerprint density at radius 2 is 1.84 bits per heavy atom. The lowest BCUT2D eigenvalue weighted by Crippen LogP contribution is -2.52.